The fourth-order valence-corrected chi connectivity index (χ4v) is 6.44. The van der Waals surface area contributed by atoms with Gasteiger partial charge in [0.05, 0.1) is 23.3 Å². The normalized spacial score (nSPS) is 16.6. The van der Waals surface area contributed by atoms with E-state index in [0.29, 0.717) is 23.0 Å². The van der Waals surface area contributed by atoms with Gasteiger partial charge in [0, 0.05) is 29.2 Å². The maximum absolute atomic E-state index is 11.5. The number of aldehydes is 1. The van der Waals surface area contributed by atoms with Gasteiger partial charge < -0.3 is 33.7 Å². The van der Waals surface area contributed by atoms with Gasteiger partial charge in [-0.25, -0.2) is 4.79 Å². The van der Waals surface area contributed by atoms with Crippen LogP contribution < -0.4 is 28.4 Å². The molecular formula is C27H21N2O7S2+. The summed E-state index contributed by atoms with van der Waals surface area (Å²) in [5.41, 5.74) is 1.71. The molecule has 11 heteroatoms. The zero-order chi connectivity index (χ0) is 26.1. The maximum Gasteiger partial charge on any atom is 0.370 e. The lowest BCUT2D eigenvalue weighted by Crippen LogP contribution is -2.39. The number of aliphatic carboxylic acids is 1. The van der Waals surface area contributed by atoms with Crippen molar-refractivity contribution in [3.63, 3.8) is 0 Å². The van der Waals surface area contributed by atoms with E-state index in [0.717, 1.165) is 37.1 Å². The van der Waals surface area contributed by atoms with Crippen LogP contribution in [0.25, 0.3) is 16.3 Å². The number of carboxylic acids is 1. The van der Waals surface area contributed by atoms with Crippen LogP contribution in [0.4, 0.5) is 5.69 Å². The molecule has 1 aromatic heterocycles. The average molecular weight is 550 g/mol. The first-order valence-corrected chi connectivity index (χ1v) is 13.3. The van der Waals surface area contributed by atoms with Crippen molar-refractivity contribution in [2.75, 3.05) is 25.0 Å². The molecule has 0 fully saturated rings. The largest absolute Gasteiger partial charge is 0.477 e. The molecule has 1 N–H and O–H groups in total. The van der Waals surface area contributed by atoms with Crippen molar-refractivity contribution < 1.29 is 38.2 Å². The van der Waals surface area contributed by atoms with Gasteiger partial charge in [-0.15, -0.1) is 0 Å². The number of carboxylic acid groups (broad SMARTS) is 1. The lowest BCUT2D eigenvalue weighted by atomic mass is 10.2. The Hall–Kier alpha value is -4.22. The van der Waals surface area contributed by atoms with E-state index in [4.69, 9.17) is 18.9 Å². The number of thioether (sulfide) groups is 1. The van der Waals surface area contributed by atoms with Crippen molar-refractivity contribution in [1.82, 2.24) is 0 Å². The number of thiazole rings is 1. The molecule has 9 nitrogen and oxygen atoms in total. The van der Waals surface area contributed by atoms with Gasteiger partial charge in [-0.05, 0) is 6.08 Å². The van der Waals surface area contributed by atoms with E-state index >= 15 is 0 Å². The van der Waals surface area contributed by atoms with Gasteiger partial charge in [-0.1, -0.05) is 53.5 Å². The van der Waals surface area contributed by atoms with Crippen molar-refractivity contribution >= 4 is 57.3 Å². The number of nitrogens with zero attached hydrogens (tertiary/aromatic N) is 2. The van der Waals surface area contributed by atoms with E-state index in [-0.39, 0.29) is 26.7 Å². The summed E-state index contributed by atoms with van der Waals surface area (Å²) >= 11 is 3.05. The van der Waals surface area contributed by atoms with Gasteiger partial charge in [0.1, 0.15) is 11.0 Å². The summed E-state index contributed by atoms with van der Waals surface area (Å²) in [6, 6.07) is 7.54. The van der Waals surface area contributed by atoms with Crippen molar-refractivity contribution in [1.29, 1.82) is 0 Å². The highest BCUT2D eigenvalue weighted by atomic mass is 32.2. The second-order valence-corrected chi connectivity index (χ2v) is 10.4. The molecule has 2 aromatic carbocycles. The molecule has 3 aliphatic heterocycles. The highest BCUT2D eigenvalue weighted by Gasteiger charge is 2.29. The van der Waals surface area contributed by atoms with Crippen LogP contribution in [0.2, 0.25) is 0 Å². The lowest BCUT2D eigenvalue weighted by molar-refractivity contribution is -0.657. The quantitative estimate of drug-likeness (QED) is 0.247. The number of anilines is 1. The number of allylic oxidation sites excluding steroid dienone is 6. The zero-order valence-corrected chi connectivity index (χ0v) is 21.5. The second-order valence-electron chi connectivity index (χ2n) is 8.28. The third-order valence-electron chi connectivity index (χ3n) is 5.92. The Morgan fingerprint density at radius 2 is 1.63 bits per heavy atom. The monoisotopic (exact) mass is 549 g/mol. The van der Waals surface area contributed by atoms with Crippen LogP contribution in [-0.2, 0) is 16.1 Å². The third-order valence-corrected chi connectivity index (χ3v) is 8.15. The molecular weight excluding hydrogens is 528 g/mol. The number of carbonyl (C=O) groups is 2. The average Bonchev–Trinajstić information content (AvgIpc) is 3.67. The fraction of sp³-hybridized carbons (Fsp3) is 0.148. The highest BCUT2D eigenvalue weighted by Crippen LogP contribution is 2.51. The number of rotatable bonds is 8. The summed E-state index contributed by atoms with van der Waals surface area (Å²) in [7, 11) is 0. The summed E-state index contributed by atoms with van der Waals surface area (Å²) in [6.45, 7) is 0.455. The predicted octanol–water partition coefficient (Wildman–Crippen LogP) is 4.51. The number of ether oxygens (including phenoxy) is 4. The summed E-state index contributed by atoms with van der Waals surface area (Å²) in [6.07, 6.45) is 14.1. The van der Waals surface area contributed by atoms with Crippen LogP contribution in [0.5, 0.6) is 23.0 Å². The van der Waals surface area contributed by atoms with Gasteiger partial charge in [0.2, 0.25) is 25.6 Å². The Morgan fingerprint density at radius 3 is 2.39 bits per heavy atom. The Balaban J connectivity index is 1.16. The van der Waals surface area contributed by atoms with Crippen LogP contribution in [0.1, 0.15) is 5.01 Å². The van der Waals surface area contributed by atoms with E-state index in [2.05, 4.69) is 0 Å². The molecule has 38 heavy (non-hydrogen) atoms. The molecule has 0 spiro atoms. The van der Waals surface area contributed by atoms with E-state index in [1.54, 1.807) is 16.3 Å². The first-order chi connectivity index (χ1) is 18.6. The molecule has 6 rings (SSSR count). The van der Waals surface area contributed by atoms with Crippen LogP contribution in [-0.4, -0.2) is 37.5 Å². The zero-order valence-electron chi connectivity index (χ0n) is 19.9. The number of aromatic nitrogens is 1. The summed E-state index contributed by atoms with van der Waals surface area (Å²) in [4.78, 5) is 25.7. The first-order valence-electron chi connectivity index (χ1n) is 11.6. The second kappa shape index (κ2) is 10.3. The number of carbonyl (C=O) groups excluding carboxylic acids is 1. The molecule has 0 atom stereocenters. The fourth-order valence-electron chi connectivity index (χ4n) is 4.26. The minimum absolute atomic E-state index is 0.158. The first kappa shape index (κ1) is 24.1. The van der Waals surface area contributed by atoms with E-state index in [1.807, 2.05) is 71.7 Å². The molecule has 3 aliphatic rings. The lowest BCUT2D eigenvalue weighted by Gasteiger charge is -2.16. The molecule has 4 heterocycles. The van der Waals surface area contributed by atoms with Gasteiger partial charge in [-0.2, -0.15) is 4.57 Å². The Kier molecular flexibility index (Phi) is 6.52. The molecule has 0 aliphatic carbocycles. The van der Waals surface area contributed by atoms with Gasteiger partial charge in [0.25, 0.3) is 5.01 Å². The van der Waals surface area contributed by atoms with Crippen molar-refractivity contribution in [3.8, 4) is 23.0 Å². The number of hydrogen-bond donors (Lipinski definition) is 1. The minimum Gasteiger partial charge on any atom is -0.477 e. The number of hydrogen-bond acceptors (Lipinski definition) is 9. The van der Waals surface area contributed by atoms with Crippen molar-refractivity contribution in [3.05, 3.63) is 70.8 Å². The molecule has 0 saturated heterocycles. The SMILES string of the molecule is O=CCN1C(=CC=CC=CC=Cc2sc3cc4c(cc3[n+]2CC(=O)O)OCO4)Sc2cc3c(cc21)OCO3. The molecule has 3 aromatic rings. The Morgan fingerprint density at radius 1 is 0.947 bits per heavy atom. The molecule has 192 valence electrons. The summed E-state index contributed by atoms with van der Waals surface area (Å²) in [5.74, 6) is 1.75. The molecule has 0 unspecified atom stereocenters. The summed E-state index contributed by atoms with van der Waals surface area (Å²) < 4.78 is 24.5. The van der Waals surface area contributed by atoms with Gasteiger partial charge in [-0.3, -0.25) is 0 Å². The van der Waals surface area contributed by atoms with Crippen molar-refractivity contribution in [2.24, 2.45) is 0 Å². The van der Waals surface area contributed by atoms with Gasteiger partial charge >= 0.3 is 5.97 Å². The number of benzene rings is 2. The topological polar surface area (TPSA) is 98.4 Å². The maximum atomic E-state index is 11.5. The smallest absolute Gasteiger partial charge is 0.370 e. The Bertz CT molecular complexity index is 1570. The Labute approximate surface area is 225 Å². The van der Waals surface area contributed by atoms with E-state index in [1.165, 1.54) is 11.3 Å². The van der Waals surface area contributed by atoms with Gasteiger partial charge in [0.15, 0.2) is 23.0 Å². The van der Waals surface area contributed by atoms with Crippen LogP contribution in [0, 0.1) is 0 Å². The standard InChI is InChI=1S/C27H20N2O7S2/c30-9-8-28-17-10-19-21(35-15-33-19)12-23(17)37-25(28)6-4-2-1-3-5-7-26-29(14-27(31)32)18-11-20-22(36-16-34-20)13-24(18)38-26/h1-7,9-13H,8,14-16H2/p+1. The third kappa shape index (κ3) is 4.61. The summed E-state index contributed by atoms with van der Waals surface area (Å²) in [5, 5.41) is 11.1. The van der Waals surface area contributed by atoms with E-state index < -0.39 is 5.97 Å². The molecule has 0 bridgehead atoms. The predicted molar refractivity (Wildman–Crippen MR) is 143 cm³/mol. The van der Waals surface area contributed by atoms with Crippen molar-refractivity contribution in [2.45, 2.75) is 11.4 Å². The number of fused-ring (bicyclic) bond motifs is 4. The minimum atomic E-state index is -0.922. The van der Waals surface area contributed by atoms with Crippen LogP contribution >= 0.6 is 23.1 Å². The van der Waals surface area contributed by atoms with Crippen LogP contribution in [0.15, 0.2) is 70.6 Å². The van der Waals surface area contributed by atoms with Crippen LogP contribution in [0.3, 0.4) is 0 Å². The molecule has 0 saturated carbocycles. The molecule has 0 radical (unpaired) electrons. The highest BCUT2D eigenvalue weighted by molar-refractivity contribution is 8.03. The van der Waals surface area contributed by atoms with E-state index in [9.17, 15) is 14.7 Å². The molecule has 0 amide bonds.